The maximum absolute atomic E-state index is 5.56. The lowest BCUT2D eigenvalue weighted by Gasteiger charge is -2.21. The number of rotatable bonds is 7. The highest BCUT2D eigenvalue weighted by molar-refractivity contribution is 6.12. The van der Waals surface area contributed by atoms with Gasteiger partial charge in [0, 0.05) is 43.8 Å². The van der Waals surface area contributed by atoms with Gasteiger partial charge in [0.25, 0.3) is 0 Å². The van der Waals surface area contributed by atoms with Gasteiger partial charge in [-0.05, 0) is 53.1 Å². The summed E-state index contributed by atoms with van der Waals surface area (Å²) in [5.74, 6) is 0.660. The second-order valence-electron chi connectivity index (χ2n) is 15.7. The molecule has 4 heteroatoms. The zero-order valence-corrected chi connectivity index (χ0v) is 33.7. The molecule has 62 heavy (non-hydrogen) atoms. The van der Waals surface area contributed by atoms with E-state index >= 15 is 0 Å². The molecule has 0 atom stereocenters. The third kappa shape index (κ3) is 5.76. The van der Waals surface area contributed by atoms with E-state index in [1.807, 2.05) is 6.07 Å². The summed E-state index contributed by atoms with van der Waals surface area (Å²) in [4.78, 5) is 11.1. The molecule has 3 aromatic heterocycles. The Hall–Kier alpha value is -8.34. The second kappa shape index (κ2) is 14.7. The zero-order chi connectivity index (χ0) is 41.0. The van der Waals surface area contributed by atoms with E-state index in [0.29, 0.717) is 5.82 Å². The largest absolute Gasteiger partial charge is 0.309 e. The normalized spacial score (nSPS) is 11.5. The van der Waals surface area contributed by atoms with Crippen LogP contribution in [0.25, 0.3) is 111 Å². The first-order valence-electron chi connectivity index (χ1n) is 21.1. The van der Waals surface area contributed by atoms with Gasteiger partial charge in [-0.15, -0.1) is 0 Å². The molecule has 3 heterocycles. The molecule has 0 saturated carbocycles. The molecule has 9 aromatic carbocycles. The van der Waals surface area contributed by atoms with E-state index in [4.69, 9.17) is 9.97 Å². The van der Waals surface area contributed by atoms with Crippen LogP contribution in [0.4, 0.5) is 0 Å². The highest BCUT2D eigenvalue weighted by Gasteiger charge is 2.24. The maximum Gasteiger partial charge on any atom is 0.160 e. The van der Waals surface area contributed by atoms with Gasteiger partial charge < -0.3 is 9.13 Å². The Morgan fingerprint density at radius 2 is 0.694 bits per heavy atom. The molecular formula is C58H38N4. The summed E-state index contributed by atoms with van der Waals surface area (Å²) in [5, 5.41) is 4.83. The van der Waals surface area contributed by atoms with Gasteiger partial charge in [-0.2, -0.15) is 0 Å². The summed E-state index contributed by atoms with van der Waals surface area (Å²) >= 11 is 0. The first-order valence-corrected chi connectivity index (χ1v) is 21.1. The van der Waals surface area contributed by atoms with Crippen LogP contribution in [-0.2, 0) is 0 Å². The average molecular weight is 791 g/mol. The topological polar surface area (TPSA) is 35.6 Å². The van der Waals surface area contributed by atoms with Crippen LogP contribution in [0.15, 0.2) is 231 Å². The summed E-state index contributed by atoms with van der Waals surface area (Å²) in [6.07, 6.45) is 0. The molecule has 290 valence electrons. The van der Waals surface area contributed by atoms with Crippen molar-refractivity contribution in [2.45, 2.75) is 0 Å². The van der Waals surface area contributed by atoms with Crippen LogP contribution in [0.2, 0.25) is 0 Å². The van der Waals surface area contributed by atoms with E-state index in [1.54, 1.807) is 0 Å². The van der Waals surface area contributed by atoms with Gasteiger partial charge in [-0.3, -0.25) is 0 Å². The number of para-hydroxylation sites is 5. The van der Waals surface area contributed by atoms with Crippen molar-refractivity contribution in [3.63, 3.8) is 0 Å². The van der Waals surface area contributed by atoms with Crippen molar-refractivity contribution in [2.75, 3.05) is 0 Å². The van der Waals surface area contributed by atoms with Crippen LogP contribution >= 0.6 is 0 Å². The van der Waals surface area contributed by atoms with E-state index in [-0.39, 0.29) is 0 Å². The quantitative estimate of drug-likeness (QED) is 0.161. The van der Waals surface area contributed by atoms with E-state index in [0.717, 1.165) is 83.8 Å². The van der Waals surface area contributed by atoms with Gasteiger partial charge in [-0.1, -0.05) is 194 Å². The lowest BCUT2D eigenvalue weighted by Crippen LogP contribution is -2.04. The SMILES string of the molecule is c1ccc(-c2nc(-c3cccc(-c4ccccc4)c3-n3c4ccccc4c4ccccc43)cc(-c3c(-c4ccccc4)cccc3-n3c4ccccc4c4ccccc43)n2)cc1. The van der Waals surface area contributed by atoms with Crippen molar-refractivity contribution in [1.29, 1.82) is 0 Å². The highest BCUT2D eigenvalue weighted by Crippen LogP contribution is 2.45. The number of nitrogens with zero attached hydrogens (tertiary/aromatic N) is 4. The molecular weight excluding hydrogens is 753 g/mol. The summed E-state index contributed by atoms with van der Waals surface area (Å²) in [6, 6.07) is 82.1. The lowest BCUT2D eigenvalue weighted by molar-refractivity contribution is 1.14. The van der Waals surface area contributed by atoms with Crippen molar-refractivity contribution in [3.05, 3.63) is 231 Å². The Kier molecular flexibility index (Phi) is 8.46. The molecule has 0 unspecified atom stereocenters. The number of hydrogen-bond acceptors (Lipinski definition) is 2. The van der Waals surface area contributed by atoms with Crippen LogP contribution in [-0.4, -0.2) is 19.1 Å². The number of fused-ring (bicyclic) bond motifs is 6. The Morgan fingerprint density at radius 3 is 1.24 bits per heavy atom. The van der Waals surface area contributed by atoms with Gasteiger partial charge in [-0.25, -0.2) is 9.97 Å². The van der Waals surface area contributed by atoms with E-state index in [9.17, 15) is 0 Å². The monoisotopic (exact) mass is 790 g/mol. The standard InChI is InChI=1S/C58H38N4/c1-4-20-39(21-5-1)42-30-19-37-55(61-51-33-14-10-26-44(51)45-27-11-15-34-52(45)61)56(42)50-38-49(59-58(60-50)41-24-8-3-9-25-41)48-32-18-31-43(40-22-6-2-7-23-40)57(48)62-53-35-16-12-28-46(53)47-29-13-17-36-54(47)62/h1-38H. The van der Waals surface area contributed by atoms with Crippen LogP contribution in [0.1, 0.15) is 0 Å². The van der Waals surface area contributed by atoms with Crippen LogP contribution in [0.5, 0.6) is 0 Å². The summed E-state index contributed by atoms with van der Waals surface area (Å²) in [6.45, 7) is 0. The minimum absolute atomic E-state index is 0.660. The average Bonchev–Trinajstić information content (AvgIpc) is 3.87. The summed E-state index contributed by atoms with van der Waals surface area (Å²) in [5.41, 5.74) is 15.8. The fourth-order valence-corrected chi connectivity index (χ4v) is 9.47. The molecule has 12 aromatic rings. The third-order valence-corrected chi connectivity index (χ3v) is 12.2. The highest BCUT2D eigenvalue weighted by atomic mass is 15.0. The van der Waals surface area contributed by atoms with Crippen LogP contribution < -0.4 is 0 Å². The van der Waals surface area contributed by atoms with Crippen molar-refractivity contribution in [3.8, 4) is 67.5 Å². The molecule has 0 amide bonds. The molecule has 0 aliphatic heterocycles. The Bertz CT molecular complexity index is 3510. The molecule has 12 rings (SSSR count). The fraction of sp³-hybridized carbons (Fsp3) is 0. The van der Waals surface area contributed by atoms with Gasteiger partial charge in [0.1, 0.15) is 0 Å². The van der Waals surface area contributed by atoms with E-state index < -0.39 is 0 Å². The second-order valence-corrected chi connectivity index (χ2v) is 15.7. The zero-order valence-electron chi connectivity index (χ0n) is 33.7. The predicted molar refractivity (Wildman–Crippen MR) is 258 cm³/mol. The molecule has 0 N–H and O–H groups in total. The van der Waals surface area contributed by atoms with Crippen molar-refractivity contribution in [1.82, 2.24) is 19.1 Å². The number of aromatic nitrogens is 4. The molecule has 0 aliphatic rings. The molecule has 0 fully saturated rings. The minimum atomic E-state index is 0.660. The van der Waals surface area contributed by atoms with E-state index in [1.165, 1.54) is 21.5 Å². The lowest BCUT2D eigenvalue weighted by atomic mass is 9.93. The van der Waals surface area contributed by atoms with Crippen molar-refractivity contribution >= 4 is 43.6 Å². The van der Waals surface area contributed by atoms with Gasteiger partial charge in [0.05, 0.1) is 44.8 Å². The summed E-state index contributed by atoms with van der Waals surface area (Å²) < 4.78 is 4.85. The van der Waals surface area contributed by atoms with Crippen LogP contribution in [0, 0.1) is 0 Å². The Morgan fingerprint density at radius 1 is 0.290 bits per heavy atom. The van der Waals surface area contributed by atoms with Gasteiger partial charge in [0.15, 0.2) is 5.82 Å². The van der Waals surface area contributed by atoms with E-state index in [2.05, 4.69) is 234 Å². The molecule has 0 aliphatic carbocycles. The first kappa shape index (κ1) is 35.6. The van der Waals surface area contributed by atoms with Gasteiger partial charge >= 0.3 is 0 Å². The van der Waals surface area contributed by atoms with Crippen molar-refractivity contribution in [2.24, 2.45) is 0 Å². The molecule has 0 bridgehead atoms. The third-order valence-electron chi connectivity index (χ3n) is 12.2. The Balaban J connectivity index is 1.22. The number of benzene rings is 9. The maximum atomic E-state index is 5.56. The first-order chi connectivity index (χ1) is 30.8. The molecule has 4 nitrogen and oxygen atoms in total. The predicted octanol–water partition coefficient (Wildman–Crippen LogP) is 15.0. The Labute approximate surface area is 359 Å². The molecule has 0 spiro atoms. The van der Waals surface area contributed by atoms with Crippen LogP contribution in [0.3, 0.4) is 0 Å². The summed E-state index contributed by atoms with van der Waals surface area (Å²) in [7, 11) is 0. The van der Waals surface area contributed by atoms with Gasteiger partial charge in [0.2, 0.25) is 0 Å². The molecule has 0 saturated heterocycles. The smallest absolute Gasteiger partial charge is 0.160 e. The fourth-order valence-electron chi connectivity index (χ4n) is 9.47. The van der Waals surface area contributed by atoms with Crippen molar-refractivity contribution < 1.29 is 0 Å². The number of hydrogen-bond donors (Lipinski definition) is 0. The minimum Gasteiger partial charge on any atom is -0.309 e. The molecule has 0 radical (unpaired) electrons.